The Balaban J connectivity index is 2.08. The molecule has 3 nitrogen and oxygen atoms in total. The first-order chi connectivity index (χ1) is 8.19. The monoisotopic (exact) mass is 313 g/mol. The minimum Gasteiger partial charge on any atom is -0.486 e. The second-order valence-corrected chi connectivity index (χ2v) is 5.49. The van der Waals surface area contributed by atoms with Crippen LogP contribution >= 0.6 is 27.3 Å². The second-order valence-electron chi connectivity index (χ2n) is 3.58. The Morgan fingerprint density at radius 3 is 2.94 bits per heavy atom. The molecule has 0 aliphatic rings. The number of pyridine rings is 1. The molecule has 2 aromatic rings. The number of hydrogen-bond acceptors (Lipinski definition) is 4. The third-order valence-electron chi connectivity index (χ3n) is 2.21. The van der Waals surface area contributed by atoms with Crippen LogP contribution in [0, 0.1) is 6.92 Å². The van der Waals surface area contributed by atoms with Crippen molar-refractivity contribution in [3.8, 4) is 5.75 Å². The molecule has 0 aliphatic heterocycles. The average Bonchev–Trinajstić information content (AvgIpc) is 2.73. The first-order valence-corrected chi connectivity index (χ1v) is 6.79. The largest absolute Gasteiger partial charge is 0.486 e. The van der Waals surface area contributed by atoms with Gasteiger partial charge in [-0.05, 0) is 41.1 Å². The Labute approximate surface area is 112 Å². The van der Waals surface area contributed by atoms with Crippen LogP contribution in [0.3, 0.4) is 0 Å². The lowest BCUT2D eigenvalue weighted by molar-refractivity contribution is 0.254. The summed E-state index contributed by atoms with van der Waals surface area (Å²) in [7, 11) is 0. The van der Waals surface area contributed by atoms with Gasteiger partial charge in [-0.25, -0.2) is 0 Å². The Morgan fingerprint density at radius 2 is 2.29 bits per heavy atom. The maximum absolute atomic E-state index is 9.20. The quantitative estimate of drug-likeness (QED) is 0.942. The number of aliphatic hydroxyl groups is 1. The standard InChI is InChI=1S/C12H12BrNO2S/c1-8-2-3-12(11(5-15)14-8)16-6-10-4-9(13)7-17-10/h2-4,7,15H,5-6H2,1H3. The zero-order chi connectivity index (χ0) is 12.3. The van der Waals surface area contributed by atoms with Gasteiger partial charge in [0.15, 0.2) is 0 Å². The van der Waals surface area contributed by atoms with Gasteiger partial charge in [0.1, 0.15) is 18.1 Å². The van der Waals surface area contributed by atoms with Crippen LogP contribution in [0.4, 0.5) is 0 Å². The molecule has 0 spiro atoms. The second kappa shape index (κ2) is 5.62. The van der Waals surface area contributed by atoms with E-state index in [1.807, 2.05) is 30.5 Å². The van der Waals surface area contributed by atoms with E-state index in [0.717, 1.165) is 15.0 Å². The molecule has 0 aliphatic carbocycles. The van der Waals surface area contributed by atoms with Crippen LogP contribution in [-0.4, -0.2) is 10.1 Å². The van der Waals surface area contributed by atoms with E-state index >= 15 is 0 Å². The van der Waals surface area contributed by atoms with Crippen molar-refractivity contribution in [1.29, 1.82) is 0 Å². The Morgan fingerprint density at radius 1 is 1.47 bits per heavy atom. The number of thiophene rings is 1. The van der Waals surface area contributed by atoms with Crippen molar-refractivity contribution in [2.24, 2.45) is 0 Å². The van der Waals surface area contributed by atoms with Crippen LogP contribution in [0.2, 0.25) is 0 Å². The minimum atomic E-state index is -0.106. The zero-order valence-corrected chi connectivity index (χ0v) is 11.7. The first kappa shape index (κ1) is 12.5. The number of hydrogen-bond donors (Lipinski definition) is 1. The fraction of sp³-hybridized carbons (Fsp3) is 0.250. The van der Waals surface area contributed by atoms with Crippen LogP contribution in [0.15, 0.2) is 28.1 Å². The number of halogens is 1. The van der Waals surface area contributed by atoms with Gasteiger partial charge < -0.3 is 9.84 Å². The lowest BCUT2D eigenvalue weighted by atomic mass is 10.3. The maximum atomic E-state index is 9.20. The predicted molar refractivity (Wildman–Crippen MR) is 71.2 cm³/mol. The normalized spacial score (nSPS) is 10.5. The predicted octanol–water partition coefficient (Wildman–Crippen LogP) is 3.29. The number of nitrogens with zero attached hydrogens (tertiary/aromatic N) is 1. The summed E-state index contributed by atoms with van der Waals surface area (Å²) < 4.78 is 6.71. The van der Waals surface area contributed by atoms with Gasteiger partial charge in [0, 0.05) is 20.4 Å². The van der Waals surface area contributed by atoms with Crippen LogP contribution in [0.25, 0.3) is 0 Å². The van der Waals surface area contributed by atoms with Gasteiger partial charge in [-0.15, -0.1) is 11.3 Å². The molecule has 2 heterocycles. The van der Waals surface area contributed by atoms with E-state index in [1.165, 1.54) is 0 Å². The minimum absolute atomic E-state index is 0.106. The third-order valence-corrected chi connectivity index (χ3v) is 3.88. The van der Waals surface area contributed by atoms with Crippen molar-refractivity contribution in [1.82, 2.24) is 4.98 Å². The van der Waals surface area contributed by atoms with Crippen molar-refractivity contribution in [2.45, 2.75) is 20.1 Å². The molecule has 17 heavy (non-hydrogen) atoms. The van der Waals surface area contributed by atoms with E-state index in [9.17, 15) is 5.11 Å². The van der Waals surface area contributed by atoms with Crippen molar-refractivity contribution in [3.05, 3.63) is 44.3 Å². The molecule has 90 valence electrons. The van der Waals surface area contributed by atoms with Crippen molar-refractivity contribution in [2.75, 3.05) is 0 Å². The average molecular weight is 314 g/mol. The Kier molecular flexibility index (Phi) is 4.15. The molecule has 0 unspecified atom stereocenters. The summed E-state index contributed by atoms with van der Waals surface area (Å²) in [6, 6.07) is 5.74. The third kappa shape index (κ3) is 3.28. The van der Waals surface area contributed by atoms with Crippen molar-refractivity contribution < 1.29 is 9.84 Å². The molecule has 0 saturated carbocycles. The van der Waals surface area contributed by atoms with Gasteiger partial charge in [0.25, 0.3) is 0 Å². The number of ether oxygens (including phenoxy) is 1. The summed E-state index contributed by atoms with van der Waals surface area (Å²) in [5.74, 6) is 0.641. The highest BCUT2D eigenvalue weighted by Crippen LogP contribution is 2.23. The van der Waals surface area contributed by atoms with E-state index < -0.39 is 0 Å². The fourth-order valence-electron chi connectivity index (χ4n) is 1.42. The molecule has 0 fully saturated rings. The number of aliphatic hydroxyl groups excluding tert-OH is 1. The molecule has 5 heteroatoms. The van der Waals surface area contributed by atoms with Gasteiger partial charge in [0.2, 0.25) is 0 Å². The van der Waals surface area contributed by atoms with Crippen LogP contribution in [0.5, 0.6) is 5.75 Å². The van der Waals surface area contributed by atoms with Gasteiger partial charge >= 0.3 is 0 Å². The maximum Gasteiger partial charge on any atom is 0.143 e. The Hall–Kier alpha value is -0.910. The highest BCUT2D eigenvalue weighted by Gasteiger charge is 2.06. The summed E-state index contributed by atoms with van der Waals surface area (Å²) in [6.45, 7) is 2.28. The highest BCUT2D eigenvalue weighted by atomic mass is 79.9. The summed E-state index contributed by atoms with van der Waals surface area (Å²) in [5.41, 5.74) is 1.46. The molecule has 0 bridgehead atoms. The molecule has 1 N–H and O–H groups in total. The molecule has 0 amide bonds. The highest BCUT2D eigenvalue weighted by molar-refractivity contribution is 9.10. The van der Waals surface area contributed by atoms with E-state index in [1.54, 1.807) is 11.3 Å². The molecular weight excluding hydrogens is 302 g/mol. The van der Waals surface area contributed by atoms with Gasteiger partial charge in [0.05, 0.1) is 6.61 Å². The van der Waals surface area contributed by atoms with Crippen LogP contribution in [-0.2, 0) is 13.2 Å². The SMILES string of the molecule is Cc1ccc(OCc2cc(Br)cs2)c(CO)n1. The summed E-state index contributed by atoms with van der Waals surface area (Å²) in [4.78, 5) is 5.35. The van der Waals surface area contributed by atoms with Gasteiger partial charge in [-0.2, -0.15) is 0 Å². The topological polar surface area (TPSA) is 42.4 Å². The lowest BCUT2D eigenvalue weighted by Gasteiger charge is -2.08. The molecule has 0 atom stereocenters. The number of aromatic nitrogens is 1. The van der Waals surface area contributed by atoms with Crippen LogP contribution < -0.4 is 4.74 Å². The van der Waals surface area contributed by atoms with Crippen molar-refractivity contribution >= 4 is 27.3 Å². The van der Waals surface area contributed by atoms with E-state index in [2.05, 4.69) is 20.9 Å². The molecule has 0 radical (unpaired) electrons. The first-order valence-electron chi connectivity index (χ1n) is 5.12. The van der Waals surface area contributed by atoms with E-state index in [4.69, 9.17) is 4.74 Å². The fourth-order valence-corrected chi connectivity index (χ4v) is 2.78. The molecule has 2 aromatic heterocycles. The number of aryl methyl sites for hydroxylation is 1. The molecule has 0 saturated heterocycles. The smallest absolute Gasteiger partial charge is 0.143 e. The van der Waals surface area contributed by atoms with Gasteiger partial charge in [-0.3, -0.25) is 4.98 Å². The molecular formula is C12H12BrNO2S. The number of rotatable bonds is 4. The van der Waals surface area contributed by atoms with E-state index in [-0.39, 0.29) is 6.61 Å². The summed E-state index contributed by atoms with van der Waals surface area (Å²) >= 11 is 5.03. The lowest BCUT2D eigenvalue weighted by Crippen LogP contribution is -2.00. The molecule has 0 aromatic carbocycles. The molecule has 2 rings (SSSR count). The Bertz CT molecular complexity index is 513. The van der Waals surface area contributed by atoms with Crippen LogP contribution in [0.1, 0.15) is 16.3 Å². The van der Waals surface area contributed by atoms with Gasteiger partial charge in [-0.1, -0.05) is 0 Å². The summed E-state index contributed by atoms with van der Waals surface area (Å²) in [6.07, 6.45) is 0. The zero-order valence-electron chi connectivity index (χ0n) is 9.31. The summed E-state index contributed by atoms with van der Waals surface area (Å²) in [5, 5.41) is 11.2. The van der Waals surface area contributed by atoms with E-state index in [0.29, 0.717) is 18.1 Å². The van der Waals surface area contributed by atoms with Crippen molar-refractivity contribution in [3.63, 3.8) is 0 Å².